The van der Waals surface area contributed by atoms with Gasteiger partial charge in [0.15, 0.2) is 0 Å². The van der Waals surface area contributed by atoms with Crippen molar-refractivity contribution >= 4 is 29.4 Å². The van der Waals surface area contributed by atoms with E-state index in [-0.39, 0.29) is 28.9 Å². The van der Waals surface area contributed by atoms with Crippen LogP contribution in [0.3, 0.4) is 0 Å². The van der Waals surface area contributed by atoms with Crippen LogP contribution in [0.1, 0.15) is 0 Å². The number of carbonyl (C=O) groups excluding carboxylic acids is 2. The van der Waals surface area contributed by atoms with Gasteiger partial charge in [-0.15, -0.1) is 0 Å². The maximum atomic E-state index is 12.1. The number of imide groups is 1. The first-order chi connectivity index (χ1) is 8.37. The lowest BCUT2D eigenvalue weighted by molar-refractivity contribution is -0.115. The highest BCUT2D eigenvalue weighted by molar-refractivity contribution is 8.00. The van der Waals surface area contributed by atoms with E-state index in [4.69, 9.17) is 0 Å². The van der Waals surface area contributed by atoms with Crippen molar-refractivity contribution in [2.75, 3.05) is 11.4 Å². The molecular weight excluding hydrogens is 269 g/mol. The van der Waals surface area contributed by atoms with Crippen molar-refractivity contribution in [2.24, 2.45) is 0 Å². The summed E-state index contributed by atoms with van der Waals surface area (Å²) in [7, 11) is 0. The van der Waals surface area contributed by atoms with E-state index >= 15 is 0 Å². The molecule has 8 heteroatoms. The van der Waals surface area contributed by atoms with Gasteiger partial charge in [0.2, 0.25) is 0 Å². The van der Waals surface area contributed by atoms with Gasteiger partial charge in [-0.25, -0.2) is 9.69 Å². The Morgan fingerprint density at radius 2 is 1.78 bits per heavy atom. The van der Waals surface area contributed by atoms with E-state index in [1.165, 1.54) is 24.3 Å². The Hall–Kier alpha value is -1.70. The molecule has 0 unspecified atom stereocenters. The average molecular weight is 276 g/mol. The molecule has 18 heavy (non-hydrogen) atoms. The lowest BCUT2D eigenvalue weighted by Crippen LogP contribution is -2.30. The fourth-order valence-corrected chi connectivity index (χ4v) is 2.02. The third-order valence-corrected chi connectivity index (χ3v) is 2.91. The molecule has 0 atom stereocenters. The molecule has 0 bridgehead atoms. The Labute approximate surface area is 104 Å². The van der Waals surface area contributed by atoms with Crippen molar-refractivity contribution < 1.29 is 22.8 Å². The van der Waals surface area contributed by atoms with Crippen LogP contribution in [-0.2, 0) is 4.79 Å². The van der Waals surface area contributed by atoms with Gasteiger partial charge in [-0.05, 0) is 36.0 Å². The van der Waals surface area contributed by atoms with Crippen molar-refractivity contribution in [2.45, 2.75) is 10.4 Å². The van der Waals surface area contributed by atoms with Gasteiger partial charge in [-0.3, -0.25) is 4.79 Å². The summed E-state index contributed by atoms with van der Waals surface area (Å²) in [4.78, 5) is 23.6. The summed E-state index contributed by atoms with van der Waals surface area (Å²) in [5.41, 5.74) is -4.11. The molecular formula is C10H7F3N2O2S. The van der Waals surface area contributed by atoms with Gasteiger partial charge >= 0.3 is 11.5 Å². The van der Waals surface area contributed by atoms with Gasteiger partial charge in [0.1, 0.15) is 0 Å². The second-order valence-electron chi connectivity index (χ2n) is 3.43. The first kappa shape index (κ1) is 12.7. The number of alkyl halides is 3. The molecule has 1 heterocycles. The second kappa shape index (κ2) is 4.52. The Bertz CT molecular complexity index is 471. The van der Waals surface area contributed by atoms with E-state index in [0.717, 1.165) is 4.90 Å². The quantitative estimate of drug-likeness (QED) is 0.666. The third-order valence-electron chi connectivity index (χ3n) is 2.17. The van der Waals surface area contributed by atoms with Gasteiger partial charge in [0.05, 0.1) is 12.2 Å². The molecule has 0 radical (unpaired) electrons. The topological polar surface area (TPSA) is 49.4 Å². The van der Waals surface area contributed by atoms with E-state index in [9.17, 15) is 22.8 Å². The SMILES string of the molecule is O=C1CNC(=O)N1c1ccc(SC(F)(F)F)cc1. The van der Waals surface area contributed by atoms with Crippen LogP contribution in [0, 0.1) is 0 Å². The van der Waals surface area contributed by atoms with Crippen molar-refractivity contribution in [1.29, 1.82) is 0 Å². The average Bonchev–Trinajstić information content (AvgIpc) is 2.58. The zero-order chi connectivity index (χ0) is 13.3. The molecule has 1 N–H and O–H groups in total. The normalized spacial score (nSPS) is 16.1. The fraction of sp³-hybridized carbons (Fsp3) is 0.200. The monoisotopic (exact) mass is 276 g/mol. The molecule has 1 aromatic carbocycles. The number of hydrogen-bond donors (Lipinski definition) is 1. The van der Waals surface area contributed by atoms with Crippen molar-refractivity contribution in [3.8, 4) is 0 Å². The number of rotatable bonds is 2. The Morgan fingerprint density at radius 1 is 1.17 bits per heavy atom. The van der Waals surface area contributed by atoms with Gasteiger partial charge < -0.3 is 5.32 Å². The summed E-state index contributed by atoms with van der Waals surface area (Å²) in [6, 6.07) is 4.46. The predicted octanol–water partition coefficient (Wildman–Crippen LogP) is 2.35. The first-order valence-corrected chi connectivity index (χ1v) is 5.65. The van der Waals surface area contributed by atoms with Crippen molar-refractivity contribution in [3.63, 3.8) is 0 Å². The smallest absolute Gasteiger partial charge is 0.328 e. The summed E-state index contributed by atoms with van der Waals surface area (Å²) in [6.45, 7) is -0.0993. The minimum atomic E-state index is -4.36. The Balaban J connectivity index is 2.17. The van der Waals surface area contributed by atoms with Gasteiger partial charge in [0.25, 0.3) is 5.91 Å². The van der Waals surface area contributed by atoms with Gasteiger partial charge in [-0.1, -0.05) is 0 Å². The van der Waals surface area contributed by atoms with Crippen LogP contribution in [0.25, 0.3) is 0 Å². The fourth-order valence-electron chi connectivity index (χ4n) is 1.48. The van der Waals surface area contributed by atoms with E-state index in [2.05, 4.69) is 5.32 Å². The molecule has 96 valence electrons. The summed E-state index contributed by atoms with van der Waals surface area (Å²) in [5, 5.41) is 2.32. The van der Waals surface area contributed by atoms with E-state index in [1.54, 1.807) is 0 Å². The highest BCUT2D eigenvalue weighted by Crippen LogP contribution is 2.37. The molecule has 3 amide bonds. The minimum absolute atomic E-state index is 0.00157. The molecule has 4 nitrogen and oxygen atoms in total. The lowest BCUT2D eigenvalue weighted by Gasteiger charge is -2.13. The van der Waals surface area contributed by atoms with E-state index in [1.807, 2.05) is 0 Å². The number of nitrogens with zero attached hydrogens (tertiary/aromatic N) is 1. The summed E-state index contributed by atoms with van der Waals surface area (Å²) in [5.74, 6) is -0.434. The van der Waals surface area contributed by atoms with Crippen LogP contribution in [0.2, 0.25) is 0 Å². The maximum absolute atomic E-state index is 12.1. The Kier molecular flexibility index (Phi) is 3.20. The molecule has 0 saturated carbocycles. The highest BCUT2D eigenvalue weighted by Gasteiger charge is 2.31. The van der Waals surface area contributed by atoms with Gasteiger partial charge in [-0.2, -0.15) is 13.2 Å². The molecule has 1 saturated heterocycles. The summed E-state index contributed by atoms with van der Waals surface area (Å²) >= 11 is -0.250. The molecule has 2 rings (SSSR count). The van der Waals surface area contributed by atoms with Crippen LogP contribution in [0.4, 0.5) is 23.7 Å². The van der Waals surface area contributed by atoms with Crippen LogP contribution >= 0.6 is 11.8 Å². The molecule has 1 aromatic rings. The molecule has 1 aliphatic heterocycles. The van der Waals surface area contributed by atoms with Crippen LogP contribution in [0.5, 0.6) is 0 Å². The van der Waals surface area contributed by atoms with Crippen LogP contribution in [-0.4, -0.2) is 24.0 Å². The summed E-state index contributed by atoms with van der Waals surface area (Å²) in [6.07, 6.45) is 0. The number of urea groups is 1. The predicted molar refractivity (Wildman–Crippen MR) is 59.2 cm³/mol. The van der Waals surface area contributed by atoms with Crippen molar-refractivity contribution in [1.82, 2.24) is 5.32 Å². The number of amides is 3. The lowest BCUT2D eigenvalue weighted by atomic mass is 10.3. The largest absolute Gasteiger partial charge is 0.446 e. The number of nitrogens with one attached hydrogen (secondary N) is 1. The number of benzene rings is 1. The highest BCUT2D eigenvalue weighted by atomic mass is 32.2. The Morgan fingerprint density at radius 3 is 2.22 bits per heavy atom. The van der Waals surface area contributed by atoms with Crippen LogP contribution < -0.4 is 10.2 Å². The van der Waals surface area contributed by atoms with E-state index < -0.39 is 17.4 Å². The molecule has 0 aromatic heterocycles. The zero-order valence-electron chi connectivity index (χ0n) is 8.82. The van der Waals surface area contributed by atoms with Gasteiger partial charge in [0, 0.05) is 4.90 Å². The molecule has 1 fully saturated rings. The maximum Gasteiger partial charge on any atom is 0.446 e. The standard InChI is InChI=1S/C10H7F3N2O2S/c11-10(12,13)18-7-3-1-6(2-4-7)15-8(16)5-14-9(15)17/h1-4H,5H2,(H,14,17). The number of carbonyl (C=O) groups is 2. The summed E-state index contributed by atoms with van der Waals surface area (Å²) < 4.78 is 36.3. The minimum Gasteiger partial charge on any atom is -0.328 e. The zero-order valence-corrected chi connectivity index (χ0v) is 9.64. The third kappa shape index (κ3) is 2.76. The van der Waals surface area contributed by atoms with Crippen molar-refractivity contribution in [3.05, 3.63) is 24.3 Å². The number of thioether (sulfide) groups is 1. The molecule has 0 aliphatic carbocycles. The molecule has 1 aliphatic rings. The number of anilines is 1. The number of hydrogen-bond acceptors (Lipinski definition) is 3. The number of halogens is 3. The van der Waals surface area contributed by atoms with Crippen LogP contribution in [0.15, 0.2) is 29.2 Å². The second-order valence-corrected chi connectivity index (χ2v) is 4.57. The van der Waals surface area contributed by atoms with E-state index in [0.29, 0.717) is 0 Å². The molecule has 0 spiro atoms. The first-order valence-electron chi connectivity index (χ1n) is 4.83.